The number of pyridine rings is 1. The molecule has 1 aromatic carbocycles. The summed E-state index contributed by atoms with van der Waals surface area (Å²) in [6.07, 6.45) is 1.65. The highest BCUT2D eigenvalue weighted by atomic mass is 19.1. The number of rotatable bonds is 5. The Kier molecular flexibility index (Phi) is 4.14. The van der Waals surface area contributed by atoms with Crippen molar-refractivity contribution in [3.05, 3.63) is 53.5 Å². The van der Waals surface area contributed by atoms with Crippen LogP contribution >= 0.6 is 0 Å². The lowest BCUT2D eigenvalue weighted by Gasteiger charge is -2.08. The second kappa shape index (κ2) is 6.01. The fourth-order valence-corrected chi connectivity index (χ4v) is 1.64. The Morgan fingerprint density at radius 3 is 2.75 bits per heavy atom. The SMILES string of the molecule is COc1ccc(CNc2ccc(C(=O)O)c(F)c2)cn1. The highest BCUT2D eigenvalue weighted by Gasteiger charge is 2.10. The van der Waals surface area contributed by atoms with Gasteiger partial charge in [-0.1, -0.05) is 6.07 Å². The minimum atomic E-state index is -1.28. The third kappa shape index (κ3) is 3.23. The molecule has 0 aliphatic heterocycles. The number of hydrogen-bond acceptors (Lipinski definition) is 4. The highest BCUT2D eigenvalue weighted by molar-refractivity contribution is 5.88. The number of anilines is 1. The van der Waals surface area contributed by atoms with Crippen molar-refractivity contribution >= 4 is 11.7 Å². The normalized spacial score (nSPS) is 10.1. The molecule has 6 heteroatoms. The molecular formula is C14H13FN2O3. The van der Waals surface area contributed by atoms with Crippen molar-refractivity contribution in [1.82, 2.24) is 4.98 Å². The first-order valence-electron chi connectivity index (χ1n) is 5.86. The quantitative estimate of drug-likeness (QED) is 0.878. The van der Waals surface area contributed by atoms with Crippen LogP contribution in [0, 0.1) is 5.82 Å². The lowest BCUT2D eigenvalue weighted by molar-refractivity contribution is 0.0692. The monoisotopic (exact) mass is 276 g/mol. The molecule has 0 fully saturated rings. The number of aromatic nitrogens is 1. The van der Waals surface area contributed by atoms with Crippen LogP contribution in [-0.4, -0.2) is 23.2 Å². The molecule has 0 saturated carbocycles. The molecule has 0 amide bonds. The summed E-state index contributed by atoms with van der Waals surface area (Å²) >= 11 is 0. The number of nitrogens with one attached hydrogen (secondary N) is 1. The number of benzene rings is 1. The van der Waals surface area contributed by atoms with Crippen molar-refractivity contribution in [3.63, 3.8) is 0 Å². The van der Waals surface area contributed by atoms with E-state index in [0.29, 0.717) is 18.1 Å². The van der Waals surface area contributed by atoms with Crippen LogP contribution in [0.15, 0.2) is 36.5 Å². The Bertz CT molecular complexity index is 614. The molecule has 0 radical (unpaired) electrons. The van der Waals surface area contributed by atoms with E-state index in [2.05, 4.69) is 10.3 Å². The minimum absolute atomic E-state index is 0.346. The van der Waals surface area contributed by atoms with Crippen LogP contribution in [-0.2, 0) is 6.54 Å². The average molecular weight is 276 g/mol. The van der Waals surface area contributed by atoms with Crippen molar-refractivity contribution in [1.29, 1.82) is 0 Å². The van der Waals surface area contributed by atoms with E-state index >= 15 is 0 Å². The summed E-state index contributed by atoms with van der Waals surface area (Å²) in [5.41, 5.74) is 1.05. The van der Waals surface area contributed by atoms with Crippen LogP contribution in [0.2, 0.25) is 0 Å². The lowest BCUT2D eigenvalue weighted by atomic mass is 10.2. The summed E-state index contributed by atoms with van der Waals surface area (Å²) in [5.74, 6) is -1.53. The number of carbonyl (C=O) groups is 1. The van der Waals surface area contributed by atoms with Gasteiger partial charge in [-0.25, -0.2) is 14.2 Å². The summed E-state index contributed by atoms with van der Waals surface area (Å²) in [6.45, 7) is 0.447. The third-order valence-corrected chi connectivity index (χ3v) is 2.70. The molecule has 2 aromatic rings. The summed E-state index contributed by atoms with van der Waals surface area (Å²) in [5, 5.41) is 11.7. The second-order valence-electron chi connectivity index (χ2n) is 4.06. The van der Waals surface area contributed by atoms with E-state index in [1.807, 2.05) is 6.07 Å². The predicted octanol–water partition coefficient (Wildman–Crippen LogP) is 2.54. The predicted molar refractivity (Wildman–Crippen MR) is 71.5 cm³/mol. The van der Waals surface area contributed by atoms with Crippen molar-refractivity contribution in [3.8, 4) is 5.88 Å². The fraction of sp³-hybridized carbons (Fsp3) is 0.143. The highest BCUT2D eigenvalue weighted by Crippen LogP contribution is 2.16. The largest absolute Gasteiger partial charge is 0.481 e. The number of carboxylic acid groups (broad SMARTS) is 1. The van der Waals surface area contributed by atoms with Gasteiger partial charge in [-0.15, -0.1) is 0 Å². The smallest absolute Gasteiger partial charge is 0.338 e. The Labute approximate surface area is 115 Å². The van der Waals surface area contributed by atoms with E-state index < -0.39 is 11.8 Å². The van der Waals surface area contributed by atoms with E-state index in [-0.39, 0.29) is 5.56 Å². The van der Waals surface area contributed by atoms with Crippen LogP contribution in [0.1, 0.15) is 15.9 Å². The number of carboxylic acids is 1. The zero-order valence-corrected chi connectivity index (χ0v) is 10.8. The molecule has 0 unspecified atom stereocenters. The van der Waals surface area contributed by atoms with Gasteiger partial charge >= 0.3 is 5.97 Å². The van der Waals surface area contributed by atoms with Crippen molar-refractivity contribution in [2.24, 2.45) is 0 Å². The van der Waals surface area contributed by atoms with Gasteiger partial charge in [0.15, 0.2) is 0 Å². The Morgan fingerprint density at radius 1 is 1.40 bits per heavy atom. The minimum Gasteiger partial charge on any atom is -0.481 e. The van der Waals surface area contributed by atoms with Gasteiger partial charge in [0, 0.05) is 24.5 Å². The molecule has 0 bridgehead atoms. The third-order valence-electron chi connectivity index (χ3n) is 2.70. The number of nitrogens with zero attached hydrogens (tertiary/aromatic N) is 1. The molecule has 0 aliphatic rings. The Hall–Kier alpha value is -2.63. The molecule has 1 heterocycles. The molecule has 5 nitrogen and oxygen atoms in total. The number of methoxy groups -OCH3 is 1. The van der Waals surface area contributed by atoms with Crippen molar-refractivity contribution in [2.75, 3.05) is 12.4 Å². The van der Waals surface area contributed by atoms with Gasteiger partial charge in [-0.05, 0) is 23.8 Å². The standard InChI is InChI=1S/C14H13FN2O3/c1-20-13-5-2-9(8-17-13)7-16-10-3-4-11(14(18)19)12(15)6-10/h2-6,8,16H,7H2,1H3,(H,18,19). The zero-order valence-electron chi connectivity index (χ0n) is 10.8. The number of halogens is 1. The molecule has 2 rings (SSSR count). The number of aromatic carboxylic acids is 1. The van der Waals surface area contributed by atoms with Crippen LogP contribution in [0.25, 0.3) is 0 Å². The zero-order chi connectivity index (χ0) is 14.5. The van der Waals surface area contributed by atoms with Crippen LogP contribution in [0.5, 0.6) is 5.88 Å². The maximum absolute atomic E-state index is 13.5. The maximum atomic E-state index is 13.5. The molecule has 104 valence electrons. The van der Waals surface area contributed by atoms with Crippen LogP contribution < -0.4 is 10.1 Å². The average Bonchev–Trinajstić information content (AvgIpc) is 2.45. The lowest BCUT2D eigenvalue weighted by Crippen LogP contribution is -2.04. The molecule has 20 heavy (non-hydrogen) atoms. The van der Waals surface area contributed by atoms with E-state index in [1.165, 1.54) is 19.2 Å². The Morgan fingerprint density at radius 2 is 2.20 bits per heavy atom. The molecular weight excluding hydrogens is 263 g/mol. The molecule has 0 saturated heterocycles. The van der Waals surface area contributed by atoms with Gasteiger partial charge in [0.25, 0.3) is 0 Å². The summed E-state index contributed by atoms with van der Waals surface area (Å²) < 4.78 is 18.4. The van der Waals surface area contributed by atoms with Gasteiger partial charge in [0.05, 0.1) is 12.7 Å². The molecule has 0 atom stereocenters. The van der Waals surface area contributed by atoms with Gasteiger partial charge in [-0.3, -0.25) is 0 Å². The van der Waals surface area contributed by atoms with Crippen LogP contribution in [0.4, 0.5) is 10.1 Å². The van der Waals surface area contributed by atoms with E-state index in [9.17, 15) is 9.18 Å². The fourth-order valence-electron chi connectivity index (χ4n) is 1.64. The second-order valence-corrected chi connectivity index (χ2v) is 4.06. The van der Waals surface area contributed by atoms with Gasteiger partial charge < -0.3 is 15.2 Å². The molecule has 1 aromatic heterocycles. The first kappa shape index (κ1) is 13.8. The van der Waals surface area contributed by atoms with Crippen molar-refractivity contribution in [2.45, 2.75) is 6.54 Å². The molecule has 0 spiro atoms. The first-order valence-corrected chi connectivity index (χ1v) is 5.86. The molecule has 2 N–H and O–H groups in total. The maximum Gasteiger partial charge on any atom is 0.338 e. The van der Waals surface area contributed by atoms with Crippen molar-refractivity contribution < 1.29 is 19.0 Å². The number of hydrogen-bond donors (Lipinski definition) is 2. The number of ether oxygens (including phenoxy) is 1. The summed E-state index contributed by atoms with van der Waals surface area (Å²) in [6, 6.07) is 7.46. The van der Waals surface area contributed by atoms with Gasteiger partial charge in [-0.2, -0.15) is 0 Å². The summed E-state index contributed by atoms with van der Waals surface area (Å²) in [7, 11) is 1.53. The van der Waals surface area contributed by atoms with E-state index in [4.69, 9.17) is 9.84 Å². The van der Waals surface area contributed by atoms with Gasteiger partial charge in [0.2, 0.25) is 5.88 Å². The first-order chi connectivity index (χ1) is 9.60. The molecule has 0 aliphatic carbocycles. The van der Waals surface area contributed by atoms with E-state index in [1.54, 1.807) is 12.3 Å². The topological polar surface area (TPSA) is 71.5 Å². The van der Waals surface area contributed by atoms with Crippen LogP contribution in [0.3, 0.4) is 0 Å². The van der Waals surface area contributed by atoms with Gasteiger partial charge in [0.1, 0.15) is 5.82 Å². The summed E-state index contributed by atoms with van der Waals surface area (Å²) in [4.78, 5) is 14.7. The van der Waals surface area contributed by atoms with E-state index in [0.717, 1.165) is 11.6 Å². The Balaban J connectivity index is 2.03.